The average Bonchev–Trinajstić information content (AvgIpc) is 2.38. The van der Waals surface area contributed by atoms with Crippen molar-refractivity contribution >= 4 is 21.6 Å². The van der Waals surface area contributed by atoms with Crippen molar-refractivity contribution in [2.24, 2.45) is 5.92 Å². The van der Waals surface area contributed by atoms with Gasteiger partial charge in [0, 0.05) is 23.6 Å². The Morgan fingerprint density at radius 2 is 2.18 bits per heavy atom. The van der Waals surface area contributed by atoms with Gasteiger partial charge in [-0.05, 0) is 37.3 Å². The van der Waals surface area contributed by atoms with Crippen LogP contribution in [0.5, 0.6) is 0 Å². The molecular formula is C15H22BrN. The summed E-state index contributed by atoms with van der Waals surface area (Å²) in [5.74, 6) is 0.753. The molecule has 1 aromatic rings. The number of nitrogens with zero attached hydrogens (tertiary/aromatic N) is 1. The number of halogens is 1. The van der Waals surface area contributed by atoms with Gasteiger partial charge in [-0.1, -0.05) is 47.5 Å². The van der Waals surface area contributed by atoms with Gasteiger partial charge in [0.05, 0.1) is 0 Å². The molecule has 0 saturated carbocycles. The molecule has 0 bridgehead atoms. The van der Waals surface area contributed by atoms with Gasteiger partial charge < -0.3 is 4.90 Å². The molecule has 1 aliphatic heterocycles. The second-order valence-corrected chi connectivity index (χ2v) is 5.74. The Hall–Kier alpha value is -0.500. The molecule has 0 N–H and O–H groups in total. The highest BCUT2D eigenvalue weighted by Crippen LogP contribution is 2.31. The van der Waals surface area contributed by atoms with Gasteiger partial charge in [-0.2, -0.15) is 0 Å². The van der Waals surface area contributed by atoms with Crippen LogP contribution in [-0.4, -0.2) is 17.9 Å². The highest BCUT2D eigenvalue weighted by molar-refractivity contribution is 9.09. The summed E-state index contributed by atoms with van der Waals surface area (Å²) in [6.45, 7) is 5.82. The Labute approximate surface area is 113 Å². The predicted octanol–water partition coefficient (Wildman–Crippen LogP) is 4.25. The fourth-order valence-electron chi connectivity index (χ4n) is 2.60. The molecule has 0 saturated heterocycles. The summed E-state index contributed by atoms with van der Waals surface area (Å²) in [6, 6.07) is 9.57. The molecular weight excluding hydrogens is 274 g/mol. The predicted molar refractivity (Wildman–Crippen MR) is 79.1 cm³/mol. The van der Waals surface area contributed by atoms with Crippen molar-refractivity contribution in [2.75, 3.05) is 16.8 Å². The topological polar surface area (TPSA) is 3.24 Å². The number of para-hydroxylation sites is 1. The second kappa shape index (κ2) is 5.90. The SMILES string of the molecule is CCC(CBr)CN1c2ccccc2CCC1C. The molecule has 2 unspecified atom stereocenters. The van der Waals surface area contributed by atoms with E-state index in [9.17, 15) is 0 Å². The molecule has 2 rings (SSSR count). The van der Waals surface area contributed by atoms with Crippen LogP contribution in [0.4, 0.5) is 5.69 Å². The summed E-state index contributed by atoms with van der Waals surface area (Å²) >= 11 is 3.64. The van der Waals surface area contributed by atoms with Crippen molar-refractivity contribution in [1.29, 1.82) is 0 Å². The van der Waals surface area contributed by atoms with Gasteiger partial charge in [-0.3, -0.25) is 0 Å². The lowest BCUT2D eigenvalue weighted by molar-refractivity contribution is 0.487. The van der Waals surface area contributed by atoms with E-state index in [0.29, 0.717) is 6.04 Å². The maximum Gasteiger partial charge on any atom is 0.0401 e. The molecule has 0 amide bonds. The van der Waals surface area contributed by atoms with E-state index in [2.05, 4.69) is 58.9 Å². The van der Waals surface area contributed by atoms with E-state index in [0.717, 1.165) is 11.2 Å². The van der Waals surface area contributed by atoms with Crippen LogP contribution in [0.15, 0.2) is 24.3 Å². The minimum absolute atomic E-state index is 0.679. The van der Waals surface area contributed by atoms with Gasteiger partial charge in [0.25, 0.3) is 0 Å². The Bertz CT molecular complexity index is 360. The van der Waals surface area contributed by atoms with Crippen LogP contribution in [0.2, 0.25) is 0 Å². The number of fused-ring (bicyclic) bond motifs is 1. The summed E-state index contributed by atoms with van der Waals surface area (Å²) in [7, 11) is 0. The highest BCUT2D eigenvalue weighted by atomic mass is 79.9. The number of aryl methyl sites for hydroxylation is 1. The first-order valence-electron chi connectivity index (χ1n) is 6.66. The minimum Gasteiger partial charge on any atom is -0.368 e. The van der Waals surface area contributed by atoms with Crippen molar-refractivity contribution < 1.29 is 0 Å². The van der Waals surface area contributed by atoms with Crippen LogP contribution in [0.25, 0.3) is 0 Å². The summed E-state index contributed by atoms with van der Waals surface area (Å²) in [6.07, 6.45) is 3.77. The molecule has 1 heterocycles. The normalized spacial score (nSPS) is 21.1. The Morgan fingerprint density at radius 3 is 2.88 bits per heavy atom. The van der Waals surface area contributed by atoms with Gasteiger partial charge in [-0.15, -0.1) is 0 Å². The molecule has 2 atom stereocenters. The average molecular weight is 296 g/mol. The van der Waals surface area contributed by atoms with E-state index in [1.165, 1.54) is 37.1 Å². The van der Waals surface area contributed by atoms with E-state index in [1.807, 2.05) is 0 Å². The summed E-state index contributed by atoms with van der Waals surface area (Å²) in [4.78, 5) is 2.61. The van der Waals surface area contributed by atoms with Crippen molar-refractivity contribution in [3.63, 3.8) is 0 Å². The zero-order valence-corrected chi connectivity index (χ0v) is 12.4. The molecule has 1 nitrogen and oxygen atoms in total. The lowest BCUT2D eigenvalue weighted by Gasteiger charge is -2.39. The Kier molecular flexibility index (Phi) is 4.49. The summed E-state index contributed by atoms with van der Waals surface area (Å²) < 4.78 is 0. The van der Waals surface area contributed by atoms with Crippen LogP contribution in [0, 0.1) is 5.92 Å². The van der Waals surface area contributed by atoms with Gasteiger partial charge in [-0.25, -0.2) is 0 Å². The molecule has 1 aromatic carbocycles. The van der Waals surface area contributed by atoms with Gasteiger partial charge in [0.1, 0.15) is 0 Å². The molecule has 0 aliphatic carbocycles. The number of hydrogen-bond acceptors (Lipinski definition) is 1. The summed E-state index contributed by atoms with van der Waals surface area (Å²) in [5, 5.41) is 1.11. The van der Waals surface area contributed by atoms with E-state index in [4.69, 9.17) is 0 Å². The number of alkyl halides is 1. The highest BCUT2D eigenvalue weighted by Gasteiger charge is 2.24. The maximum absolute atomic E-state index is 3.64. The third-order valence-electron chi connectivity index (χ3n) is 3.92. The Balaban J connectivity index is 2.20. The smallest absolute Gasteiger partial charge is 0.0401 e. The number of hydrogen-bond donors (Lipinski definition) is 0. The third kappa shape index (κ3) is 2.85. The van der Waals surface area contributed by atoms with E-state index in [-0.39, 0.29) is 0 Å². The van der Waals surface area contributed by atoms with E-state index in [1.54, 1.807) is 0 Å². The lowest BCUT2D eigenvalue weighted by Crippen LogP contribution is -2.40. The minimum atomic E-state index is 0.679. The Morgan fingerprint density at radius 1 is 1.41 bits per heavy atom. The monoisotopic (exact) mass is 295 g/mol. The van der Waals surface area contributed by atoms with Crippen LogP contribution in [-0.2, 0) is 6.42 Å². The molecule has 17 heavy (non-hydrogen) atoms. The van der Waals surface area contributed by atoms with Crippen molar-refractivity contribution in [2.45, 2.75) is 39.2 Å². The molecule has 0 spiro atoms. The fourth-order valence-corrected chi connectivity index (χ4v) is 3.27. The van der Waals surface area contributed by atoms with Crippen LogP contribution >= 0.6 is 15.9 Å². The molecule has 0 radical (unpaired) electrons. The van der Waals surface area contributed by atoms with Crippen LogP contribution < -0.4 is 4.90 Å². The van der Waals surface area contributed by atoms with Gasteiger partial charge in [0.15, 0.2) is 0 Å². The zero-order valence-electron chi connectivity index (χ0n) is 10.8. The lowest BCUT2D eigenvalue weighted by atomic mass is 9.95. The molecule has 2 heteroatoms. The maximum atomic E-state index is 3.64. The third-order valence-corrected chi connectivity index (χ3v) is 4.83. The zero-order chi connectivity index (χ0) is 12.3. The van der Waals surface area contributed by atoms with Crippen molar-refractivity contribution in [1.82, 2.24) is 0 Å². The standard InChI is InChI=1S/C15H22BrN/c1-3-13(10-16)11-17-12(2)8-9-14-6-4-5-7-15(14)17/h4-7,12-13H,3,8-11H2,1-2H3. The van der Waals surface area contributed by atoms with Crippen LogP contribution in [0.1, 0.15) is 32.3 Å². The van der Waals surface area contributed by atoms with Crippen molar-refractivity contribution in [3.05, 3.63) is 29.8 Å². The number of anilines is 1. The first kappa shape index (κ1) is 12.9. The summed E-state index contributed by atoms with van der Waals surface area (Å²) in [5.41, 5.74) is 2.99. The quantitative estimate of drug-likeness (QED) is 0.751. The van der Waals surface area contributed by atoms with Crippen molar-refractivity contribution in [3.8, 4) is 0 Å². The molecule has 0 aromatic heterocycles. The first-order valence-corrected chi connectivity index (χ1v) is 7.79. The molecule has 1 aliphatic rings. The molecule has 0 fully saturated rings. The van der Waals surface area contributed by atoms with Gasteiger partial charge >= 0.3 is 0 Å². The van der Waals surface area contributed by atoms with E-state index >= 15 is 0 Å². The van der Waals surface area contributed by atoms with Crippen LogP contribution in [0.3, 0.4) is 0 Å². The number of benzene rings is 1. The van der Waals surface area contributed by atoms with E-state index < -0.39 is 0 Å². The largest absolute Gasteiger partial charge is 0.368 e. The second-order valence-electron chi connectivity index (χ2n) is 5.10. The first-order chi connectivity index (χ1) is 8.26. The molecule has 94 valence electrons. The number of rotatable bonds is 4. The fraction of sp³-hybridized carbons (Fsp3) is 0.600. The van der Waals surface area contributed by atoms with Gasteiger partial charge in [0.2, 0.25) is 0 Å².